The lowest BCUT2D eigenvalue weighted by molar-refractivity contribution is 0.0936. The number of carbonyl (C=O) groups excluding carboxylic acids is 1. The van der Waals surface area contributed by atoms with Crippen molar-refractivity contribution in [3.8, 4) is 11.4 Å². The van der Waals surface area contributed by atoms with Gasteiger partial charge in [0.1, 0.15) is 0 Å². The van der Waals surface area contributed by atoms with Crippen LogP contribution in [-0.4, -0.2) is 37.5 Å². The fourth-order valence-electron chi connectivity index (χ4n) is 4.03. The number of aliphatic hydroxyl groups excluding tert-OH is 1. The van der Waals surface area contributed by atoms with E-state index in [1.807, 2.05) is 6.07 Å². The van der Waals surface area contributed by atoms with Crippen LogP contribution in [0.1, 0.15) is 65.0 Å². The fourth-order valence-corrected chi connectivity index (χ4v) is 4.03. The van der Waals surface area contributed by atoms with E-state index in [0.717, 1.165) is 42.7 Å². The van der Waals surface area contributed by atoms with E-state index < -0.39 is 0 Å². The van der Waals surface area contributed by atoms with E-state index in [-0.39, 0.29) is 18.6 Å². The Hall–Kier alpha value is -3.00. The minimum atomic E-state index is -0.153. The van der Waals surface area contributed by atoms with Gasteiger partial charge in [0.15, 0.2) is 0 Å². The van der Waals surface area contributed by atoms with Gasteiger partial charge in [-0.3, -0.25) is 9.48 Å². The maximum atomic E-state index is 12.6. The van der Waals surface area contributed by atoms with Gasteiger partial charge in [-0.05, 0) is 42.9 Å². The zero-order chi connectivity index (χ0) is 19.8. The number of fused-ring (bicyclic) bond motifs is 1. The molecule has 2 aliphatic carbocycles. The van der Waals surface area contributed by atoms with E-state index in [2.05, 4.69) is 32.7 Å². The standard InChI is InChI=1S/C21H23N5O3/c27-9-8-26-12-16(11-22-26)20(28)23-18-7-5-14-10-15(4-6-17(14)18)19-24-21(29-25-19)13-2-1-3-13/h4,6,10-13,18,27H,1-3,5,7-9H2,(H,23,28). The van der Waals surface area contributed by atoms with Crippen LogP contribution in [0, 0.1) is 0 Å². The molecule has 1 aromatic carbocycles. The topological polar surface area (TPSA) is 106 Å². The number of amides is 1. The molecule has 1 atom stereocenters. The minimum absolute atomic E-state index is 0.0103. The van der Waals surface area contributed by atoms with Gasteiger partial charge in [0.25, 0.3) is 5.91 Å². The molecule has 2 heterocycles. The third-order valence-corrected chi connectivity index (χ3v) is 5.90. The highest BCUT2D eigenvalue weighted by atomic mass is 16.5. The maximum absolute atomic E-state index is 12.6. The highest BCUT2D eigenvalue weighted by molar-refractivity contribution is 5.94. The first-order valence-electron chi connectivity index (χ1n) is 10.1. The van der Waals surface area contributed by atoms with Gasteiger partial charge < -0.3 is 14.9 Å². The Labute approximate surface area is 167 Å². The van der Waals surface area contributed by atoms with Crippen molar-refractivity contribution in [2.45, 2.75) is 50.6 Å². The zero-order valence-electron chi connectivity index (χ0n) is 16.0. The molecule has 1 fully saturated rings. The Morgan fingerprint density at radius 1 is 1.31 bits per heavy atom. The molecule has 2 N–H and O–H groups in total. The van der Waals surface area contributed by atoms with E-state index in [1.54, 1.807) is 10.9 Å². The van der Waals surface area contributed by atoms with E-state index in [1.165, 1.54) is 18.2 Å². The summed E-state index contributed by atoms with van der Waals surface area (Å²) in [5, 5.41) is 20.3. The average molecular weight is 393 g/mol. The average Bonchev–Trinajstić information content (AvgIpc) is 3.41. The Morgan fingerprint density at radius 2 is 2.21 bits per heavy atom. The summed E-state index contributed by atoms with van der Waals surface area (Å²) in [6, 6.07) is 6.13. The normalized spacial score (nSPS) is 18.4. The van der Waals surface area contributed by atoms with E-state index >= 15 is 0 Å². The van der Waals surface area contributed by atoms with Gasteiger partial charge in [0.05, 0.1) is 31.0 Å². The highest BCUT2D eigenvalue weighted by Crippen LogP contribution is 2.37. The molecule has 2 aromatic heterocycles. The van der Waals surface area contributed by atoms with Crippen LogP contribution in [0.15, 0.2) is 35.1 Å². The van der Waals surface area contributed by atoms with Crippen molar-refractivity contribution in [1.82, 2.24) is 25.2 Å². The maximum Gasteiger partial charge on any atom is 0.254 e. The van der Waals surface area contributed by atoms with Crippen LogP contribution in [0.2, 0.25) is 0 Å². The molecule has 5 rings (SSSR count). The largest absolute Gasteiger partial charge is 0.394 e. The summed E-state index contributed by atoms with van der Waals surface area (Å²) in [5.74, 6) is 1.66. The van der Waals surface area contributed by atoms with Crippen LogP contribution in [0.4, 0.5) is 0 Å². The van der Waals surface area contributed by atoms with Crippen LogP contribution in [0.25, 0.3) is 11.4 Å². The first kappa shape index (κ1) is 18.1. The summed E-state index contributed by atoms with van der Waals surface area (Å²) in [6.07, 6.45) is 8.43. The molecule has 0 saturated heterocycles. The molecule has 0 spiro atoms. The number of nitrogens with zero attached hydrogens (tertiary/aromatic N) is 4. The van der Waals surface area contributed by atoms with Crippen LogP contribution in [0.5, 0.6) is 0 Å². The van der Waals surface area contributed by atoms with Crippen molar-refractivity contribution in [1.29, 1.82) is 0 Å². The number of carbonyl (C=O) groups is 1. The molecule has 1 saturated carbocycles. The van der Waals surface area contributed by atoms with E-state index in [0.29, 0.717) is 23.9 Å². The van der Waals surface area contributed by atoms with Gasteiger partial charge in [0.2, 0.25) is 11.7 Å². The molecule has 0 bridgehead atoms. The van der Waals surface area contributed by atoms with Crippen molar-refractivity contribution < 1.29 is 14.4 Å². The predicted molar refractivity (Wildman–Crippen MR) is 104 cm³/mol. The quantitative estimate of drug-likeness (QED) is 0.667. The summed E-state index contributed by atoms with van der Waals surface area (Å²) < 4.78 is 7.00. The molecule has 29 heavy (non-hydrogen) atoms. The SMILES string of the molecule is O=C(NC1CCc2cc(-c3noc(C4CCC4)n3)ccc21)c1cnn(CCO)c1. The predicted octanol–water partition coefficient (Wildman–Crippen LogP) is 2.61. The number of aromatic nitrogens is 4. The first-order valence-corrected chi connectivity index (χ1v) is 10.1. The number of hydrogen-bond donors (Lipinski definition) is 2. The minimum Gasteiger partial charge on any atom is -0.394 e. The van der Waals surface area contributed by atoms with Crippen LogP contribution < -0.4 is 5.32 Å². The number of aliphatic hydroxyl groups is 1. The lowest BCUT2D eigenvalue weighted by Crippen LogP contribution is -2.26. The van der Waals surface area contributed by atoms with Crippen molar-refractivity contribution in [2.24, 2.45) is 0 Å². The van der Waals surface area contributed by atoms with E-state index in [9.17, 15) is 4.79 Å². The Balaban J connectivity index is 1.30. The lowest BCUT2D eigenvalue weighted by Gasteiger charge is -2.20. The third-order valence-electron chi connectivity index (χ3n) is 5.90. The van der Waals surface area contributed by atoms with Crippen molar-refractivity contribution in [2.75, 3.05) is 6.61 Å². The van der Waals surface area contributed by atoms with Crippen LogP contribution in [0.3, 0.4) is 0 Å². The summed E-state index contributed by atoms with van der Waals surface area (Å²) in [4.78, 5) is 17.1. The smallest absolute Gasteiger partial charge is 0.254 e. The second-order valence-electron chi connectivity index (χ2n) is 7.78. The molecular weight excluding hydrogens is 370 g/mol. The van der Waals surface area contributed by atoms with Crippen molar-refractivity contribution >= 4 is 5.91 Å². The molecule has 0 aliphatic heterocycles. The number of hydrogen-bond acceptors (Lipinski definition) is 6. The number of nitrogens with one attached hydrogen (secondary N) is 1. The Bertz CT molecular complexity index is 1040. The summed E-state index contributed by atoms with van der Waals surface area (Å²) >= 11 is 0. The molecule has 8 heteroatoms. The van der Waals surface area contributed by atoms with Gasteiger partial charge in [-0.25, -0.2) is 0 Å². The molecule has 1 unspecified atom stereocenters. The fraction of sp³-hybridized carbons (Fsp3) is 0.429. The summed E-state index contributed by atoms with van der Waals surface area (Å²) in [7, 11) is 0. The second kappa shape index (κ2) is 7.44. The molecule has 8 nitrogen and oxygen atoms in total. The number of aryl methyl sites for hydroxylation is 1. The summed E-state index contributed by atoms with van der Waals surface area (Å²) in [6.45, 7) is 0.366. The highest BCUT2D eigenvalue weighted by Gasteiger charge is 2.27. The number of benzene rings is 1. The van der Waals surface area contributed by atoms with Gasteiger partial charge in [0, 0.05) is 17.7 Å². The van der Waals surface area contributed by atoms with Gasteiger partial charge in [-0.1, -0.05) is 23.7 Å². The van der Waals surface area contributed by atoms with Gasteiger partial charge >= 0.3 is 0 Å². The molecule has 2 aliphatic rings. The molecular formula is C21H23N5O3. The second-order valence-corrected chi connectivity index (χ2v) is 7.78. The summed E-state index contributed by atoms with van der Waals surface area (Å²) in [5.41, 5.74) is 3.79. The van der Waals surface area contributed by atoms with Gasteiger partial charge in [-0.15, -0.1) is 0 Å². The van der Waals surface area contributed by atoms with Crippen LogP contribution >= 0.6 is 0 Å². The Kier molecular flexibility index (Phi) is 4.63. The molecule has 150 valence electrons. The van der Waals surface area contributed by atoms with Crippen molar-refractivity contribution in [3.63, 3.8) is 0 Å². The van der Waals surface area contributed by atoms with Crippen molar-refractivity contribution in [3.05, 3.63) is 53.2 Å². The van der Waals surface area contributed by atoms with Crippen LogP contribution in [-0.2, 0) is 13.0 Å². The third kappa shape index (κ3) is 3.44. The molecule has 1 amide bonds. The monoisotopic (exact) mass is 393 g/mol. The van der Waals surface area contributed by atoms with E-state index in [4.69, 9.17) is 9.63 Å². The lowest BCUT2D eigenvalue weighted by atomic mass is 9.85. The Morgan fingerprint density at radius 3 is 3.00 bits per heavy atom. The zero-order valence-corrected chi connectivity index (χ0v) is 16.0. The molecule has 0 radical (unpaired) electrons. The first-order chi connectivity index (χ1) is 14.2. The number of rotatable bonds is 6. The van der Waals surface area contributed by atoms with Gasteiger partial charge in [-0.2, -0.15) is 10.1 Å². The molecule has 3 aromatic rings.